The van der Waals surface area contributed by atoms with E-state index >= 15 is 0 Å². The zero-order valence-corrected chi connectivity index (χ0v) is 9.39. The van der Waals surface area contributed by atoms with Gasteiger partial charge in [0, 0.05) is 10.6 Å². The van der Waals surface area contributed by atoms with Gasteiger partial charge in [0.2, 0.25) is 0 Å². The number of hydrogen-bond acceptors (Lipinski definition) is 2. The molecule has 0 aliphatic carbocycles. The molecular weight excluding hydrogens is 261 g/mol. The number of hydrogen-bond donors (Lipinski definition) is 1. The molecule has 0 aromatic heterocycles. The van der Waals surface area contributed by atoms with Crippen LogP contribution >= 0.6 is 11.6 Å². The fourth-order valence-electron chi connectivity index (χ4n) is 1.28. The summed E-state index contributed by atoms with van der Waals surface area (Å²) < 4.78 is 42.1. The van der Waals surface area contributed by atoms with Gasteiger partial charge in [-0.05, 0) is 12.1 Å². The molecule has 3 nitrogen and oxygen atoms in total. The predicted molar refractivity (Wildman–Crippen MR) is 54.3 cm³/mol. The van der Waals surface area contributed by atoms with Gasteiger partial charge in [-0.1, -0.05) is 11.6 Å². The van der Waals surface area contributed by atoms with Gasteiger partial charge in [-0.25, -0.2) is 0 Å². The van der Waals surface area contributed by atoms with Crippen molar-refractivity contribution in [3.8, 4) is 5.75 Å². The van der Waals surface area contributed by atoms with E-state index in [1.165, 1.54) is 0 Å². The molecule has 1 N–H and O–H groups in total. The predicted octanol–water partition coefficient (Wildman–Crippen LogP) is 2.99. The third kappa shape index (κ3) is 3.26. The van der Waals surface area contributed by atoms with E-state index in [9.17, 15) is 18.0 Å². The Morgan fingerprint density at radius 2 is 2.06 bits per heavy atom. The first kappa shape index (κ1) is 13.6. The SMILES string of the molecule is COc1cc(C(F)(F)F)cc(Cl)c1CC(=O)O. The van der Waals surface area contributed by atoms with Gasteiger partial charge in [-0.2, -0.15) is 13.2 Å². The van der Waals surface area contributed by atoms with Crippen molar-refractivity contribution >= 4 is 17.6 Å². The molecule has 1 aromatic carbocycles. The van der Waals surface area contributed by atoms with Crippen LogP contribution in [0.1, 0.15) is 11.1 Å². The molecule has 1 rings (SSSR count). The van der Waals surface area contributed by atoms with E-state index < -0.39 is 24.1 Å². The van der Waals surface area contributed by atoms with E-state index in [0.717, 1.165) is 13.2 Å². The Balaban J connectivity index is 3.30. The summed E-state index contributed by atoms with van der Waals surface area (Å²) in [5, 5.41) is 8.33. The van der Waals surface area contributed by atoms with Gasteiger partial charge in [0.1, 0.15) is 5.75 Å². The molecule has 17 heavy (non-hydrogen) atoms. The molecule has 1 aromatic rings. The number of ether oxygens (including phenoxy) is 1. The maximum Gasteiger partial charge on any atom is 0.416 e. The molecule has 0 saturated heterocycles. The third-order valence-corrected chi connectivity index (χ3v) is 2.37. The molecule has 0 heterocycles. The minimum absolute atomic E-state index is 0.0228. The summed E-state index contributed by atoms with van der Waals surface area (Å²) in [7, 11) is 1.15. The second kappa shape index (κ2) is 4.83. The Labute approximate surface area is 99.8 Å². The van der Waals surface area contributed by atoms with Crippen LogP contribution in [0.3, 0.4) is 0 Å². The van der Waals surface area contributed by atoms with Crippen LogP contribution in [0.25, 0.3) is 0 Å². The molecule has 0 atom stereocenters. The highest BCUT2D eigenvalue weighted by molar-refractivity contribution is 6.31. The van der Waals surface area contributed by atoms with E-state index in [-0.39, 0.29) is 16.3 Å². The molecule has 0 aliphatic rings. The van der Waals surface area contributed by atoms with Crippen LogP contribution in [0.5, 0.6) is 5.75 Å². The van der Waals surface area contributed by atoms with E-state index in [2.05, 4.69) is 0 Å². The number of benzene rings is 1. The lowest BCUT2D eigenvalue weighted by molar-refractivity contribution is -0.137. The Kier molecular flexibility index (Phi) is 3.87. The quantitative estimate of drug-likeness (QED) is 0.917. The minimum Gasteiger partial charge on any atom is -0.496 e. The van der Waals surface area contributed by atoms with Gasteiger partial charge in [0.15, 0.2) is 0 Å². The summed E-state index contributed by atoms with van der Waals surface area (Å²) in [6.07, 6.45) is -5.06. The van der Waals surface area contributed by atoms with Gasteiger partial charge in [-0.15, -0.1) is 0 Å². The highest BCUT2D eigenvalue weighted by Gasteiger charge is 2.32. The number of aliphatic carboxylic acids is 1. The average Bonchev–Trinajstić information content (AvgIpc) is 2.18. The van der Waals surface area contributed by atoms with Crippen LogP contribution in [0.15, 0.2) is 12.1 Å². The second-order valence-corrected chi connectivity index (χ2v) is 3.61. The Morgan fingerprint density at radius 3 is 2.47 bits per heavy atom. The van der Waals surface area contributed by atoms with Crippen LogP contribution in [-0.2, 0) is 17.4 Å². The molecule has 0 aliphatic heterocycles. The van der Waals surface area contributed by atoms with Gasteiger partial charge >= 0.3 is 12.1 Å². The number of carbonyl (C=O) groups is 1. The highest BCUT2D eigenvalue weighted by atomic mass is 35.5. The molecule has 0 radical (unpaired) electrons. The van der Waals surface area contributed by atoms with Gasteiger partial charge in [-0.3, -0.25) is 4.79 Å². The smallest absolute Gasteiger partial charge is 0.416 e. The van der Waals surface area contributed by atoms with Crippen LogP contribution in [0.4, 0.5) is 13.2 Å². The van der Waals surface area contributed by atoms with Crippen molar-refractivity contribution in [1.29, 1.82) is 0 Å². The zero-order chi connectivity index (χ0) is 13.2. The topological polar surface area (TPSA) is 46.5 Å². The maximum atomic E-state index is 12.4. The van der Waals surface area contributed by atoms with E-state index in [4.69, 9.17) is 21.4 Å². The molecule has 0 unspecified atom stereocenters. The second-order valence-electron chi connectivity index (χ2n) is 3.21. The molecule has 0 fully saturated rings. The zero-order valence-electron chi connectivity index (χ0n) is 8.64. The van der Waals surface area contributed by atoms with Crippen molar-refractivity contribution < 1.29 is 27.8 Å². The van der Waals surface area contributed by atoms with Crippen molar-refractivity contribution in [1.82, 2.24) is 0 Å². The molecule has 0 saturated carbocycles. The number of alkyl halides is 3. The van der Waals surface area contributed by atoms with Gasteiger partial charge in [0.05, 0.1) is 19.1 Å². The van der Waals surface area contributed by atoms with Crippen molar-refractivity contribution in [2.45, 2.75) is 12.6 Å². The van der Waals surface area contributed by atoms with Crippen LogP contribution < -0.4 is 4.74 Å². The van der Waals surface area contributed by atoms with Crippen molar-refractivity contribution in [3.05, 3.63) is 28.3 Å². The lowest BCUT2D eigenvalue weighted by Crippen LogP contribution is -2.08. The maximum absolute atomic E-state index is 12.4. The molecule has 0 amide bonds. The molecule has 0 spiro atoms. The van der Waals surface area contributed by atoms with Gasteiger partial charge < -0.3 is 9.84 Å². The lowest BCUT2D eigenvalue weighted by atomic mass is 10.1. The van der Waals surface area contributed by atoms with Crippen LogP contribution in [-0.4, -0.2) is 18.2 Å². The van der Waals surface area contributed by atoms with E-state index in [1.807, 2.05) is 0 Å². The van der Waals surface area contributed by atoms with Crippen LogP contribution in [0.2, 0.25) is 5.02 Å². The largest absolute Gasteiger partial charge is 0.496 e. The summed E-state index contributed by atoms with van der Waals surface area (Å²) in [6.45, 7) is 0. The normalized spacial score (nSPS) is 11.4. The Bertz CT molecular complexity index is 443. The van der Waals surface area contributed by atoms with Crippen molar-refractivity contribution in [2.24, 2.45) is 0 Å². The summed E-state index contributed by atoms with van der Waals surface area (Å²) in [5.74, 6) is -1.39. The standard InChI is InChI=1S/C10H8ClF3O3/c1-17-8-3-5(10(12,13)14)2-7(11)6(8)4-9(15)16/h2-3H,4H2,1H3,(H,15,16). The van der Waals surface area contributed by atoms with Crippen LogP contribution in [0, 0.1) is 0 Å². The molecule has 94 valence electrons. The van der Waals surface area contributed by atoms with Crippen molar-refractivity contribution in [3.63, 3.8) is 0 Å². The fourth-order valence-corrected chi connectivity index (χ4v) is 1.56. The van der Waals surface area contributed by atoms with E-state index in [0.29, 0.717) is 6.07 Å². The first-order valence-electron chi connectivity index (χ1n) is 4.41. The minimum atomic E-state index is -4.56. The summed E-state index contributed by atoms with van der Waals surface area (Å²) in [6, 6.07) is 1.41. The Hall–Kier alpha value is -1.43. The summed E-state index contributed by atoms with van der Waals surface area (Å²) in [5.41, 5.74) is -0.955. The Morgan fingerprint density at radius 1 is 1.47 bits per heavy atom. The molecule has 0 bridgehead atoms. The number of halogens is 4. The molecular formula is C10H8ClF3O3. The number of rotatable bonds is 3. The molecule has 7 heteroatoms. The number of carboxylic acid groups (broad SMARTS) is 1. The fraction of sp³-hybridized carbons (Fsp3) is 0.300. The number of carboxylic acids is 1. The average molecular weight is 269 g/mol. The summed E-state index contributed by atoms with van der Waals surface area (Å²) in [4.78, 5) is 10.5. The van der Waals surface area contributed by atoms with Crippen molar-refractivity contribution in [2.75, 3.05) is 7.11 Å². The first-order chi connectivity index (χ1) is 7.75. The monoisotopic (exact) mass is 268 g/mol. The highest BCUT2D eigenvalue weighted by Crippen LogP contribution is 2.37. The lowest BCUT2D eigenvalue weighted by Gasteiger charge is -2.13. The van der Waals surface area contributed by atoms with E-state index in [1.54, 1.807) is 0 Å². The van der Waals surface area contributed by atoms with Gasteiger partial charge in [0.25, 0.3) is 0 Å². The summed E-state index contributed by atoms with van der Waals surface area (Å²) >= 11 is 5.62. The third-order valence-electron chi connectivity index (χ3n) is 2.03. The number of methoxy groups -OCH3 is 1. The first-order valence-corrected chi connectivity index (χ1v) is 4.79.